The quantitative estimate of drug-likeness (QED) is 0.135. The van der Waals surface area contributed by atoms with Crippen LogP contribution in [-0.2, 0) is 28.5 Å². The Bertz CT molecular complexity index is 745. The summed E-state index contributed by atoms with van der Waals surface area (Å²) in [4.78, 5) is 11.8. The molecule has 17 nitrogen and oxygen atoms in total. The molecule has 4 unspecified atom stereocenters. The molecule has 0 aromatic heterocycles. The van der Waals surface area contributed by atoms with Crippen LogP contribution in [0.4, 0.5) is 0 Å². The molecule has 0 aromatic rings. The average Bonchev–Trinajstić information content (AvgIpc) is 2.86. The standard InChI is InChI=1S/C20H35NO16/c1-5(24)21-9-12(27)17(37-20-16(31)14(29)10(25)6(2-22)35-20)7(3-23)36-19(9)33-4-8-11(26)13(28)15(30)18(32)34-8/h6-20,22-23,25-32H,2-4H2,1H3,(H,21,24)/t6?,7?,8?,9-,10-,11-,12?,13-,14-,15-,16-,17+,18+,19+,20-/m0/s1. The van der Waals surface area contributed by atoms with Gasteiger partial charge in [-0.25, -0.2) is 0 Å². The molecule has 1 amide bonds. The Hall–Kier alpha value is -1.13. The molecule has 0 aliphatic carbocycles. The molecule has 3 saturated heterocycles. The topological polar surface area (TPSA) is 278 Å². The van der Waals surface area contributed by atoms with Crippen molar-refractivity contribution in [1.82, 2.24) is 5.32 Å². The zero-order chi connectivity index (χ0) is 27.6. The lowest BCUT2D eigenvalue weighted by Gasteiger charge is -2.47. The Labute approximate surface area is 210 Å². The van der Waals surface area contributed by atoms with E-state index in [1.54, 1.807) is 0 Å². The van der Waals surface area contributed by atoms with Crippen LogP contribution in [-0.4, -0.2) is 169 Å². The van der Waals surface area contributed by atoms with Gasteiger partial charge in [-0.15, -0.1) is 0 Å². The lowest BCUT2D eigenvalue weighted by Crippen LogP contribution is -2.68. The number of nitrogens with one attached hydrogen (secondary N) is 1. The number of aliphatic hydroxyl groups excluding tert-OH is 10. The number of carbonyl (C=O) groups excluding carboxylic acids is 1. The SMILES string of the molecule is CC(=O)N[C@H]1C(O)[C@H](O[C@@H]2OC(CO)[C@H](O)[C@H](O)[C@@H]2O)C(CO)O[C@H]1OCC1O[C@@H](O)[C@@H](O)[C@@H](O)[C@H]1O. The summed E-state index contributed by atoms with van der Waals surface area (Å²) in [5.74, 6) is -0.641. The Morgan fingerprint density at radius 3 is 1.86 bits per heavy atom. The molecular weight excluding hydrogens is 510 g/mol. The average molecular weight is 545 g/mol. The van der Waals surface area contributed by atoms with E-state index in [-0.39, 0.29) is 0 Å². The molecule has 3 aliphatic heterocycles. The van der Waals surface area contributed by atoms with Crippen LogP contribution >= 0.6 is 0 Å². The molecule has 37 heavy (non-hydrogen) atoms. The van der Waals surface area contributed by atoms with Crippen LogP contribution in [0.5, 0.6) is 0 Å². The summed E-state index contributed by atoms with van der Waals surface area (Å²) < 4.78 is 27.0. The van der Waals surface area contributed by atoms with Gasteiger partial charge in [0.05, 0.1) is 19.8 Å². The van der Waals surface area contributed by atoms with Crippen molar-refractivity contribution in [1.29, 1.82) is 0 Å². The zero-order valence-electron chi connectivity index (χ0n) is 19.7. The van der Waals surface area contributed by atoms with Crippen LogP contribution in [0.1, 0.15) is 6.92 Å². The fraction of sp³-hybridized carbons (Fsp3) is 0.950. The zero-order valence-corrected chi connectivity index (χ0v) is 19.7. The van der Waals surface area contributed by atoms with Gasteiger partial charge in [0.1, 0.15) is 73.2 Å². The van der Waals surface area contributed by atoms with Crippen LogP contribution in [0.15, 0.2) is 0 Å². The third-order valence-corrected chi connectivity index (χ3v) is 6.47. The molecule has 0 bridgehead atoms. The smallest absolute Gasteiger partial charge is 0.217 e. The summed E-state index contributed by atoms with van der Waals surface area (Å²) in [5, 5.41) is 102. The molecule has 3 fully saturated rings. The maximum Gasteiger partial charge on any atom is 0.217 e. The first-order valence-corrected chi connectivity index (χ1v) is 11.6. The summed E-state index contributed by atoms with van der Waals surface area (Å²) in [6.07, 6.45) is -22.7. The fourth-order valence-electron chi connectivity index (χ4n) is 4.36. The Morgan fingerprint density at radius 1 is 0.703 bits per heavy atom. The molecule has 0 aromatic carbocycles. The number of carbonyl (C=O) groups is 1. The molecule has 11 N–H and O–H groups in total. The van der Waals surface area contributed by atoms with E-state index in [0.717, 1.165) is 6.92 Å². The highest BCUT2D eigenvalue weighted by Gasteiger charge is 2.52. The minimum absolute atomic E-state index is 0.564. The summed E-state index contributed by atoms with van der Waals surface area (Å²) >= 11 is 0. The van der Waals surface area contributed by atoms with Gasteiger partial charge in [0.15, 0.2) is 18.9 Å². The van der Waals surface area contributed by atoms with Crippen molar-refractivity contribution < 1.29 is 79.5 Å². The van der Waals surface area contributed by atoms with Gasteiger partial charge in [-0.3, -0.25) is 4.79 Å². The second-order valence-corrected chi connectivity index (χ2v) is 9.11. The third kappa shape index (κ3) is 6.55. The summed E-state index contributed by atoms with van der Waals surface area (Å²) in [6, 6.07) is -1.38. The van der Waals surface area contributed by atoms with E-state index in [1.165, 1.54) is 0 Å². The van der Waals surface area contributed by atoms with Crippen LogP contribution in [0.25, 0.3) is 0 Å². The van der Waals surface area contributed by atoms with E-state index in [2.05, 4.69) is 5.32 Å². The number of ether oxygens (including phenoxy) is 5. The van der Waals surface area contributed by atoms with Crippen LogP contribution in [0.2, 0.25) is 0 Å². The van der Waals surface area contributed by atoms with Gasteiger partial charge < -0.3 is 80.1 Å². The van der Waals surface area contributed by atoms with Crippen LogP contribution < -0.4 is 5.32 Å². The highest BCUT2D eigenvalue weighted by molar-refractivity contribution is 5.73. The van der Waals surface area contributed by atoms with Crippen molar-refractivity contribution in [2.24, 2.45) is 0 Å². The van der Waals surface area contributed by atoms with Crippen molar-refractivity contribution in [3.8, 4) is 0 Å². The minimum Gasteiger partial charge on any atom is -0.394 e. The van der Waals surface area contributed by atoms with Crippen molar-refractivity contribution in [3.63, 3.8) is 0 Å². The predicted molar refractivity (Wildman–Crippen MR) is 113 cm³/mol. The molecule has 3 heterocycles. The van der Waals surface area contributed by atoms with Crippen molar-refractivity contribution in [3.05, 3.63) is 0 Å². The van der Waals surface area contributed by atoms with E-state index < -0.39 is 118 Å². The third-order valence-electron chi connectivity index (χ3n) is 6.47. The van der Waals surface area contributed by atoms with Gasteiger partial charge in [-0.1, -0.05) is 0 Å². The molecule has 0 saturated carbocycles. The van der Waals surface area contributed by atoms with Gasteiger partial charge in [0, 0.05) is 6.92 Å². The molecule has 15 atom stereocenters. The number of hydrogen-bond donors (Lipinski definition) is 11. The molecule has 0 radical (unpaired) electrons. The summed E-state index contributed by atoms with van der Waals surface area (Å²) in [6.45, 7) is -0.959. The van der Waals surface area contributed by atoms with E-state index in [4.69, 9.17) is 23.7 Å². The molecular formula is C20H35NO16. The Kier molecular flexibility index (Phi) is 10.5. The second kappa shape index (κ2) is 12.8. The lowest BCUT2D eigenvalue weighted by atomic mass is 9.95. The minimum atomic E-state index is -1.84. The number of amides is 1. The number of hydrogen-bond acceptors (Lipinski definition) is 16. The van der Waals surface area contributed by atoms with Gasteiger partial charge in [-0.05, 0) is 0 Å². The van der Waals surface area contributed by atoms with Crippen LogP contribution in [0, 0.1) is 0 Å². The maximum absolute atomic E-state index is 11.8. The molecule has 17 heteroatoms. The molecule has 3 rings (SSSR count). The normalized spacial score (nSPS) is 49.0. The largest absolute Gasteiger partial charge is 0.394 e. The monoisotopic (exact) mass is 545 g/mol. The van der Waals surface area contributed by atoms with E-state index in [1.807, 2.05) is 0 Å². The summed E-state index contributed by atoms with van der Waals surface area (Å²) in [5.41, 5.74) is 0. The predicted octanol–water partition coefficient (Wildman–Crippen LogP) is -7.43. The highest BCUT2D eigenvalue weighted by atomic mass is 16.7. The molecule has 216 valence electrons. The van der Waals surface area contributed by atoms with Gasteiger partial charge >= 0.3 is 0 Å². The first kappa shape index (κ1) is 30.4. The Morgan fingerprint density at radius 2 is 1.27 bits per heavy atom. The van der Waals surface area contributed by atoms with Crippen molar-refractivity contribution in [2.45, 2.75) is 99.0 Å². The maximum atomic E-state index is 11.8. The number of rotatable bonds is 8. The van der Waals surface area contributed by atoms with Gasteiger partial charge in [0.25, 0.3) is 0 Å². The second-order valence-electron chi connectivity index (χ2n) is 9.11. The van der Waals surface area contributed by atoms with E-state index in [0.29, 0.717) is 0 Å². The van der Waals surface area contributed by atoms with Crippen molar-refractivity contribution in [2.75, 3.05) is 19.8 Å². The summed E-state index contributed by atoms with van der Waals surface area (Å²) in [7, 11) is 0. The molecule has 0 spiro atoms. The lowest BCUT2D eigenvalue weighted by molar-refractivity contribution is -0.352. The first-order chi connectivity index (χ1) is 17.4. The molecule has 3 aliphatic rings. The van der Waals surface area contributed by atoms with E-state index in [9.17, 15) is 55.9 Å². The number of aliphatic hydroxyl groups is 10. The Balaban J connectivity index is 1.74. The van der Waals surface area contributed by atoms with Crippen LogP contribution in [0.3, 0.4) is 0 Å². The van der Waals surface area contributed by atoms with Gasteiger partial charge in [0.2, 0.25) is 5.91 Å². The van der Waals surface area contributed by atoms with E-state index >= 15 is 0 Å². The van der Waals surface area contributed by atoms with Gasteiger partial charge in [-0.2, -0.15) is 0 Å². The van der Waals surface area contributed by atoms with Crippen molar-refractivity contribution >= 4 is 5.91 Å². The first-order valence-electron chi connectivity index (χ1n) is 11.6. The fourth-order valence-corrected chi connectivity index (χ4v) is 4.36. The highest BCUT2D eigenvalue weighted by Crippen LogP contribution is 2.30.